The molecule has 13 N–H and O–H groups in total. The second kappa shape index (κ2) is 17.7. The molecular weight excluding hydrogens is 666 g/mol. The third kappa shape index (κ3) is 11.7. The zero-order chi connectivity index (χ0) is 37.0. The highest BCUT2D eigenvalue weighted by Gasteiger charge is 2.29. The largest absolute Gasteiger partial charge is 0.481 e. The quantitative estimate of drug-likeness (QED) is 0.0785. The summed E-state index contributed by atoms with van der Waals surface area (Å²) in [6.45, 7) is 0.801. The van der Waals surface area contributed by atoms with E-state index in [0.717, 1.165) is 0 Å². The van der Waals surface area contributed by atoms with Gasteiger partial charge >= 0.3 is 23.9 Å². The van der Waals surface area contributed by atoms with Crippen molar-refractivity contribution in [2.24, 2.45) is 0 Å². The lowest BCUT2D eigenvalue weighted by Gasteiger charge is -2.27. The van der Waals surface area contributed by atoms with Gasteiger partial charge in [0.05, 0.1) is 6.04 Å². The van der Waals surface area contributed by atoms with Crippen LogP contribution in [0.2, 0.25) is 0 Å². The molecule has 1 aromatic heterocycles. The Morgan fingerprint density at radius 1 is 0.820 bits per heavy atom. The number of hydrogen-bond donors (Lipinski definition) is 12. The molecule has 21 heteroatoms. The van der Waals surface area contributed by atoms with Crippen LogP contribution >= 0.6 is 0 Å². The zero-order valence-corrected chi connectivity index (χ0v) is 26.4. The molecule has 270 valence electrons. The van der Waals surface area contributed by atoms with Crippen molar-refractivity contribution in [3.05, 3.63) is 40.2 Å². The maximum atomic E-state index is 12.8. The number of H-pyrrole nitrogens is 1. The summed E-state index contributed by atoms with van der Waals surface area (Å²) in [6, 6.07) is 1.13. The van der Waals surface area contributed by atoms with Gasteiger partial charge in [0.15, 0.2) is 5.82 Å². The molecule has 4 unspecified atom stereocenters. The number of aromatic amines is 1. The Balaban J connectivity index is 1.53. The van der Waals surface area contributed by atoms with Crippen molar-refractivity contribution in [2.45, 2.75) is 62.7 Å². The van der Waals surface area contributed by atoms with Crippen LogP contribution in [0.25, 0.3) is 0 Å². The summed E-state index contributed by atoms with van der Waals surface area (Å²) < 4.78 is 0. The summed E-state index contributed by atoms with van der Waals surface area (Å²) in [4.78, 5) is 102. The van der Waals surface area contributed by atoms with Crippen molar-refractivity contribution in [1.82, 2.24) is 25.9 Å². The number of aromatic nitrogens is 2. The van der Waals surface area contributed by atoms with Gasteiger partial charge in [-0.15, -0.1) is 0 Å². The summed E-state index contributed by atoms with van der Waals surface area (Å²) in [5.41, 5.74) is 6.10. The van der Waals surface area contributed by atoms with E-state index in [9.17, 15) is 48.6 Å². The third-order valence-electron chi connectivity index (χ3n) is 7.33. The normalized spacial score (nSPS) is 15.0. The monoisotopic (exact) mass is 703 g/mol. The Morgan fingerprint density at radius 2 is 1.40 bits per heavy atom. The van der Waals surface area contributed by atoms with Crippen LogP contribution in [-0.4, -0.2) is 109 Å². The molecule has 1 aliphatic heterocycles. The summed E-state index contributed by atoms with van der Waals surface area (Å²) in [5.74, 6) is -8.04. The molecular formula is C29H37N9O12. The van der Waals surface area contributed by atoms with Gasteiger partial charge in [0.1, 0.15) is 23.8 Å². The highest BCUT2D eigenvalue weighted by atomic mass is 16.4. The van der Waals surface area contributed by atoms with Gasteiger partial charge in [-0.3, -0.25) is 33.8 Å². The van der Waals surface area contributed by atoms with E-state index >= 15 is 0 Å². The fourth-order valence-corrected chi connectivity index (χ4v) is 4.71. The van der Waals surface area contributed by atoms with E-state index in [4.69, 9.17) is 15.9 Å². The number of fused-ring (bicyclic) bond motifs is 1. The van der Waals surface area contributed by atoms with Crippen LogP contribution in [-0.2, 0) is 28.8 Å². The van der Waals surface area contributed by atoms with Gasteiger partial charge in [-0.2, -0.15) is 4.98 Å². The van der Waals surface area contributed by atoms with Crippen molar-refractivity contribution >= 4 is 64.7 Å². The molecule has 0 fully saturated rings. The second-order valence-electron chi connectivity index (χ2n) is 11.1. The molecule has 0 saturated carbocycles. The number of carbonyl (C=O) groups excluding carboxylic acids is 3. The number of rotatable bonds is 19. The first-order valence-electron chi connectivity index (χ1n) is 15.2. The van der Waals surface area contributed by atoms with E-state index in [2.05, 4.69) is 41.9 Å². The average molecular weight is 704 g/mol. The Morgan fingerprint density at radius 3 is 2.00 bits per heavy atom. The Labute approximate surface area is 282 Å². The van der Waals surface area contributed by atoms with Crippen molar-refractivity contribution in [2.75, 3.05) is 34.8 Å². The lowest BCUT2D eigenvalue weighted by molar-refractivity contribution is -0.144. The SMILES string of the molecule is Nc1nc2c(c(=O)[nH]1)NC(CNc1ccc(C(=O)NC(CCC(=O)NC(CCC(=O)O)C(=O)NC(CCC(=O)O)C(=O)O)C(=O)O)cc1)CN2. The molecule has 50 heavy (non-hydrogen) atoms. The summed E-state index contributed by atoms with van der Waals surface area (Å²) in [5, 5.41) is 52.6. The topological polar surface area (TPSA) is 344 Å². The van der Waals surface area contributed by atoms with Gasteiger partial charge in [-0.05, 0) is 43.5 Å². The molecule has 21 nitrogen and oxygen atoms in total. The number of nitrogens with zero attached hydrogens (tertiary/aromatic N) is 1. The standard InChI is InChI=1S/C29H37N9O12/c30-29-37-23-22(26(46)38-29)33-15(12-32-23)11-31-14-3-1-13(2-4-14)24(44)35-17(27(47)48)5-8-19(39)34-16(6-9-20(40)41)25(45)36-18(28(49)50)7-10-21(42)43/h1-4,15-18,31,33H,5-12H2,(H,34,39)(H,35,44)(H,36,45)(H,40,41)(H,42,43)(H,47,48)(H,49,50)(H4,30,32,37,38,46). The molecule has 0 saturated heterocycles. The molecule has 3 amide bonds. The number of amides is 3. The molecule has 1 aliphatic rings. The number of aliphatic carboxylic acids is 4. The Hall–Kier alpha value is -6.41. The van der Waals surface area contributed by atoms with Crippen LogP contribution in [0, 0.1) is 0 Å². The Kier molecular flexibility index (Phi) is 13.4. The van der Waals surface area contributed by atoms with Gasteiger partial charge in [0.25, 0.3) is 11.5 Å². The number of nitrogen functional groups attached to an aromatic ring is 1. The van der Waals surface area contributed by atoms with Crippen LogP contribution in [0.3, 0.4) is 0 Å². The van der Waals surface area contributed by atoms with Crippen LogP contribution in [0.5, 0.6) is 0 Å². The van der Waals surface area contributed by atoms with Crippen LogP contribution in [0.4, 0.5) is 23.1 Å². The fourth-order valence-electron chi connectivity index (χ4n) is 4.71. The van der Waals surface area contributed by atoms with E-state index in [1.165, 1.54) is 12.1 Å². The van der Waals surface area contributed by atoms with E-state index in [0.29, 0.717) is 24.6 Å². The number of carboxylic acid groups (broad SMARTS) is 4. The van der Waals surface area contributed by atoms with Crippen molar-refractivity contribution < 1.29 is 54.0 Å². The molecule has 0 spiro atoms. The summed E-state index contributed by atoms with van der Waals surface area (Å²) in [6.07, 6.45) is -3.05. The number of nitrogens with one attached hydrogen (secondary N) is 7. The smallest absolute Gasteiger partial charge is 0.326 e. The number of anilines is 4. The lowest BCUT2D eigenvalue weighted by Crippen LogP contribution is -2.52. The number of carboxylic acids is 4. The van der Waals surface area contributed by atoms with E-state index < -0.39 is 104 Å². The molecule has 0 bridgehead atoms. The minimum Gasteiger partial charge on any atom is -0.481 e. The van der Waals surface area contributed by atoms with E-state index in [1.807, 2.05) is 0 Å². The molecule has 4 atom stereocenters. The minimum atomic E-state index is -1.63. The summed E-state index contributed by atoms with van der Waals surface area (Å²) >= 11 is 0. The predicted molar refractivity (Wildman–Crippen MR) is 173 cm³/mol. The first-order valence-corrected chi connectivity index (χ1v) is 15.2. The average Bonchev–Trinajstić information content (AvgIpc) is 3.05. The maximum absolute atomic E-state index is 12.8. The van der Waals surface area contributed by atoms with Crippen LogP contribution < -0.4 is 43.2 Å². The minimum absolute atomic E-state index is 0.0177. The van der Waals surface area contributed by atoms with Crippen molar-refractivity contribution in [1.29, 1.82) is 0 Å². The van der Waals surface area contributed by atoms with E-state index in [-0.39, 0.29) is 23.2 Å². The van der Waals surface area contributed by atoms with Gasteiger partial charge < -0.3 is 58.1 Å². The maximum Gasteiger partial charge on any atom is 0.326 e. The molecule has 2 heterocycles. The van der Waals surface area contributed by atoms with E-state index in [1.54, 1.807) is 12.1 Å². The first-order chi connectivity index (χ1) is 23.6. The highest BCUT2D eigenvalue weighted by Crippen LogP contribution is 2.20. The van der Waals surface area contributed by atoms with Crippen LogP contribution in [0.1, 0.15) is 48.9 Å². The van der Waals surface area contributed by atoms with Gasteiger partial charge in [-0.25, -0.2) is 9.59 Å². The molecule has 2 aromatic rings. The fraction of sp³-hybridized carbons (Fsp3) is 0.414. The molecule has 0 aliphatic carbocycles. The molecule has 0 radical (unpaired) electrons. The lowest BCUT2D eigenvalue weighted by atomic mass is 10.1. The Bertz CT molecular complexity index is 1660. The number of benzene rings is 1. The summed E-state index contributed by atoms with van der Waals surface area (Å²) in [7, 11) is 0. The second-order valence-corrected chi connectivity index (χ2v) is 11.1. The molecule has 1 aromatic carbocycles. The number of nitrogens with two attached hydrogens (primary N) is 1. The van der Waals surface area contributed by atoms with Gasteiger partial charge in [0, 0.05) is 43.6 Å². The zero-order valence-electron chi connectivity index (χ0n) is 26.4. The number of carbonyl (C=O) groups is 7. The van der Waals surface area contributed by atoms with Crippen molar-refractivity contribution in [3.8, 4) is 0 Å². The van der Waals surface area contributed by atoms with Crippen LogP contribution in [0.15, 0.2) is 29.1 Å². The first kappa shape index (κ1) is 38.0. The highest BCUT2D eigenvalue weighted by molar-refractivity contribution is 5.97. The predicted octanol–water partition coefficient (Wildman–Crippen LogP) is -1.58. The van der Waals surface area contributed by atoms with Gasteiger partial charge in [-0.1, -0.05) is 0 Å². The number of hydrogen-bond acceptors (Lipinski definition) is 13. The third-order valence-corrected chi connectivity index (χ3v) is 7.33. The van der Waals surface area contributed by atoms with Gasteiger partial charge in [0.2, 0.25) is 17.8 Å². The van der Waals surface area contributed by atoms with Crippen molar-refractivity contribution in [3.63, 3.8) is 0 Å². The molecule has 3 rings (SSSR count).